The Balaban J connectivity index is 1.99. The highest BCUT2D eigenvalue weighted by atomic mass is 32.1. The number of amides is 2. The lowest BCUT2D eigenvalue weighted by molar-refractivity contribution is 0.0924. The van der Waals surface area contributed by atoms with Gasteiger partial charge in [0.05, 0.1) is 5.69 Å². The molecule has 22 heavy (non-hydrogen) atoms. The number of imide groups is 1. The Kier molecular flexibility index (Phi) is 2.52. The molecule has 1 aliphatic heterocycles. The maximum absolute atomic E-state index is 12.7. The second kappa shape index (κ2) is 4.31. The molecule has 3 aromatic rings. The van der Waals surface area contributed by atoms with Crippen molar-refractivity contribution in [3.63, 3.8) is 0 Å². The summed E-state index contributed by atoms with van der Waals surface area (Å²) in [4.78, 5) is 38.8. The second-order valence-electron chi connectivity index (χ2n) is 4.81. The van der Waals surface area contributed by atoms with Crippen LogP contribution in [0, 0.1) is 6.92 Å². The molecule has 1 aromatic carbocycles. The Bertz CT molecular complexity index is 1020. The lowest BCUT2D eigenvalue weighted by atomic mass is 10.2. The van der Waals surface area contributed by atoms with Crippen LogP contribution in [0.15, 0.2) is 35.3 Å². The molecule has 0 aliphatic carbocycles. The van der Waals surface area contributed by atoms with E-state index in [1.807, 2.05) is 19.1 Å². The summed E-state index contributed by atoms with van der Waals surface area (Å²) in [5, 5.41) is 7.36. The fraction of sp³-hybridized carbons (Fsp3) is 0.0714. The van der Waals surface area contributed by atoms with Crippen LogP contribution in [-0.2, 0) is 0 Å². The van der Waals surface area contributed by atoms with Crippen molar-refractivity contribution in [3.8, 4) is 0 Å². The van der Waals surface area contributed by atoms with Crippen molar-refractivity contribution in [2.45, 2.75) is 6.92 Å². The number of aryl methyl sites for hydroxylation is 1. The molecule has 0 fully saturated rings. The molecule has 0 saturated carbocycles. The molecule has 2 amide bonds. The van der Waals surface area contributed by atoms with Crippen LogP contribution in [0.3, 0.4) is 0 Å². The van der Waals surface area contributed by atoms with Gasteiger partial charge in [0.25, 0.3) is 17.4 Å². The Morgan fingerprint density at radius 2 is 1.86 bits per heavy atom. The van der Waals surface area contributed by atoms with Crippen LogP contribution in [0.25, 0.3) is 4.96 Å². The molecule has 7 nitrogen and oxygen atoms in total. The fourth-order valence-electron chi connectivity index (χ4n) is 2.51. The van der Waals surface area contributed by atoms with Crippen LogP contribution in [-0.4, -0.2) is 26.4 Å². The zero-order valence-electron chi connectivity index (χ0n) is 11.3. The smallest absolute Gasteiger partial charge is 0.267 e. The Morgan fingerprint density at radius 3 is 2.64 bits per heavy atom. The van der Waals surface area contributed by atoms with Crippen LogP contribution in [0.2, 0.25) is 0 Å². The minimum atomic E-state index is -0.518. The van der Waals surface area contributed by atoms with Crippen LogP contribution in [0.4, 0.5) is 5.69 Å². The van der Waals surface area contributed by atoms with Gasteiger partial charge in [-0.2, -0.15) is 5.10 Å². The lowest BCUT2D eigenvalue weighted by Crippen LogP contribution is -2.31. The molecule has 3 heterocycles. The molecule has 0 radical (unpaired) electrons. The third-order valence-corrected chi connectivity index (χ3v) is 4.53. The molecule has 108 valence electrons. The monoisotopic (exact) mass is 312 g/mol. The van der Waals surface area contributed by atoms with Crippen molar-refractivity contribution in [2.75, 3.05) is 4.90 Å². The number of nitrogens with zero attached hydrogens (tertiary/aromatic N) is 4. The fourth-order valence-corrected chi connectivity index (χ4v) is 3.50. The van der Waals surface area contributed by atoms with E-state index in [2.05, 4.69) is 10.2 Å². The average molecular weight is 312 g/mol. The number of rotatable bonds is 1. The van der Waals surface area contributed by atoms with E-state index >= 15 is 0 Å². The van der Waals surface area contributed by atoms with Gasteiger partial charge in [-0.25, -0.2) is 9.30 Å². The molecule has 0 bridgehead atoms. The number of carbonyl (C=O) groups is 2. The number of thiazole rings is 1. The largest absolute Gasteiger partial charge is 0.284 e. The van der Waals surface area contributed by atoms with Crippen LogP contribution in [0.5, 0.6) is 0 Å². The highest BCUT2D eigenvalue weighted by Crippen LogP contribution is 2.34. The first-order valence-corrected chi connectivity index (χ1v) is 7.23. The van der Waals surface area contributed by atoms with Gasteiger partial charge in [-0.05, 0) is 18.6 Å². The van der Waals surface area contributed by atoms with Gasteiger partial charge in [0, 0.05) is 0 Å². The van der Waals surface area contributed by atoms with E-state index in [9.17, 15) is 14.4 Å². The highest BCUT2D eigenvalue weighted by molar-refractivity contribution is 7.19. The molecule has 1 aliphatic rings. The quantitative estimate of drug-likeness (QED) is 0.632. The molecular weight excluding hydrogens is 304 g/mol. The highest BCUT2D eigenvalue weighted by Gasteiger charge is 2.42. The normalized spacial score (nSPS) is 14.0. The predicted octanol–water partition coefficient (Wildman–Crippen LogP) is 1.26. The van der Waals surface area contributed by atoms with E-state index in [1.165, 1.54) is 0 Å². The topological polar surface area (TPSA) is 84.6 Å². The van der Waals surface area contributed by atoms with Crippen molar-refractivity contribution in [3.05, 3.63) is 57.0 Å². The maximum Gasteiger partial charge on any atom is 0.284 e. The molecule has 8 heteroatoms. The van der Waals surface area contributed by atoms with Crippen LogP contribution in [0.1, 0.15) is 25.7 Å². The Hall–Kier alpha value is -2.87. The molecular formula is C14H8N4O3S. The van der Waals surface area contributed by atoms with Gasteiger partial charge in [-0.1, -0.05) is 29.5 Å². The zero-order valence-corrected chi connectivity index (χ0v) is 12.1. The molecule has 0 unspecified atom stereocenters. The summed E-state index contributed by atoms with van der Waals surface area (Å²) in [6.07, 6.45) is 1.02. The molecule has 0 saturated heterocycles. The van der Waals surface area contributed by atoms with Crippen LogP contribution >= 0.6 is 11.3 Å². The van der Waals surface area contributed by atoms with E-state index in [4.69, 9.17) is 0 Å². The first-order valence-electron chi connectivity index (χ1n) is 6.41. The summed E-state index contributed by atoms with van der Waals surface area (Å²) < 4.78 is 1.14. The van der Waals surface area contributed by atoms with Crippen molar-refractivity contribution < 1.29 is 9.59 Å². The summed E-state index contributed by atoms with van der Waals surface area (Å²) in [7, 11) is 0. The maximum atomic E-state index is 12.7. The van der Waals surface area contributed by atoms with Crippen molar-refractivity contribution in [2.24, 2.45) is 0 Å². The van der Waals surface area contributed by atoms with E-state index in [-0.39, 0.29) is 15.5 Å². The first kappa shape index (κ1) is 12.8. The van der Waals surface area contributed by atoms with Gasteiger partial charge in [0.15, 0.2) is 0 Å². The van der Waals surface area contributed by atoms with Gasteiger partial charge >= 0.3 is 0 Å². The van der Waals surface area contributed by atoms with Gasteiger partial charge in [0.2, 0.25) is 4.96 Å². The van der Waals surface area contributed by atoms with E-state index in [1.54, 1.807) is 12.1 Å². The summed E-state index contributed by atoms with van der Waals surface area (Å²) in [5.74, 6) is -0.958. The number of aromatic nitrogens is 3. The standard InChI is InChI=1S/C14H8N4O3S/c1-7-4-2-3-5-8(7)17-12(20)10-11(13(17)21)22-14-16-15-6-9(19)18(10)14/h2-6H,1H3. The summed E-state index contributed by atoms with van der Waals surface area (Å²) >= 11 is 0.994. The van der Waals surface area contributed by atoms with E-state index < -0.39 is 17.4 Å². The minimum Gasteiger partial charge on any atom is -0.267 e. The molecule has 0 atom stereocenters. The van der Waals surface area contributed by atoms with Crippen molar-refractivity contribution >= 4 is 33.8 Å². The SMILES string of the molecule is Cc1ccccc1N1C(=O)c2sc3nncc(=O)n3c2C1=O. The molecule has 0 N–H and O–H groups in total. The summed E-state index contributed by atoms with van der Waals surface area (Å²) in [6, 6.07) is 7.10. The summed E-state index contributed by atoms with van der Waals surface area (Å²) in [5.41, 5.74) is 0.906. The Labute approximate surface area is 127 Å². The van der Waals surface area contributed by atoms with E-state index in [0.29, 0.717) is 5.69 Å². The Morgan fingerprint density at radius 1 is 1.09 bits per heavy atom. The number of hydrogen-bond donors (Lipinski definition) is 0. The molecule has 4 rings (SSSR count). The summed E-state index contributed by atoms with van der Waals surface area (Å²) in [6.45, 7) is 1.82. The number of carbonyl (C=O) groups excluding carboxylic acids is 2. The van der Waals surface area contributed by atoms with Gasteiger partial charge < -0.3 is 0 Å². The van der Waals surface area contributed by atoms with Crippen molar-refractivity contribution in [1.29, 1.82) is 0 Å². The average Bonchev–Trinajstić information content (AvgIpc) is 2.99. The number of benzene rings is 1. The molecule has 2 aromatic heterocycles. The van der Waals surface area contributed by atoms with Gasteiger partial charge in [0.1, 0.15) is 16.8 Å². The third kappa shape index (κ3) is 1.52. The number of para-hydroxylation sites is 1. The zero-order chi connectivity index (χ0) is 15.4. The number of anilines is 1. The second-order valence-corrected chi connectivity index (χ2v) is 5.79. The number of hydrogen-bond acceptors (Lipinski definition) is 6. The number of fused-ring (bicyclic) bond motifs is 3. The lowest BCUT2D eigenvalue weighted by Gasteiger charge is -2.16. The van der Waals surface area contributed by atoms with Gasteiger partial charge in [-0.15, -0.1) is 5.10 Å². The third-order valence-electron chi connectivity index (χ3n) is 3.51. The first-order chi connectivity index (χ1) is 10.6. The minimum absolute atomic E-state index is 0.0631. The van der Waals surface area contributed by atoms with Gasteiger partial charge in [-0.3, -0.25) is 14.4 Å². The van der Waals surface area contributed by atoms with Crippen LogP contribution < -0.4 is 10.5 Å². The molecule has 0 spiro atoms. The predicted molar refractivity (Wildman–Crippen MR) is 79.5 cm³/mol. The van der Waals surface area contributed by atoms with E-state index in [0.717, 1.165) is 32.4 Å². The van der Waals surface area contributed by atoms with Crippen molar-refractivity contribution in [1.82, 2.24) is 14.6 Å².